The Balaban J connectivity index is 0.00000289. The summed E-state index contributed by atoms with van der Waals surface area (Å²) in [6, 6.07) is 29.6. The molecule has 0 aliphatic heterocycles. The summed E-state index contributed by atoms with van der Waals surface area (Å²) in [7, 11) is -3.76. The van der Waals surface area contributed by atoms with Crippen molar-refractivity contribution in [2.24, 2.45) is 0 Å². The number of aromatic nitrogens is 1. The number of para-hydroxylation sites is 1. The molecule has 0 aliphatic carbocycles. The summed E-state index contributed by atoms with van der Waals surface area (Å²) >= 11 is 0. The van der Waals surface area contributed by atoms with Crippen molar-refractivity contribution in [2.75, 3.05) is 0 Å². The average Bonchev–Trinajstić information content (AvgIpc) is 3.23. The molecule has 1 heterocycles. The van der Waals surface area contributed by atoms with E-state index in [1.165, 1.54) is 20.3 Å². The maximum Gasteiger partial charge on any atom is 0.268 e. The fourth-order valence-electron chi connectivity index (χ4n) is 4.57. The molecule has 5 rings (SSSR count). The summed E-state index contributed by atoms with van der Waals surface area (Å²) in [6.07, 6.45) is 0. The van der Waals surface area contributed by atoms with E-state index >= 15 is 0 Å². The number of nitrogens with one attached hydrogen (secondary N) is 1. The average molecular weight is 505 g/mol. The molecule has 0 amide bonds. The fraction of sp³-hybridized carbons (Fsp3) is 0.172. The third kappa shape index (κ3) is 4.59. The van der Waals surface area contributed by atoms with Crippen molar-refractivity contribution >= 4 is 44.1 Å². The second-order valence-electron chi connectivity index (χ2n) is 8.88. The van der Waals surface area contributed by atoms with Crippen LogP contribution in [0.15, 0.2) is 95.9 Å². The first kappa shape index (κ1) is 25.0. The summed E-state index contributed by atoms with van der Waals surface area (Å²) in [5, 5.41) is 6.87. The van der Waals surface area contributed by atoms with Crippen LogP contribution in [0.2, 0.25) is 0 Å². The zero-order chi connectivity index (χ0) is 23.9. The summed E-state index contributed by atoms with van der Waals surface area (Å²) in [5.41, 5.74) is 4.63. The Morgan fingerprint density at radius 2 is 1.49 bits per heavy atom. The van der Waals surface area contributed by atoms with Crippen molar-refractivity contribution in [1.29, 1.82) is 0 Å². The molecule has 4 nitrogen and oxygen atoms in total. The van der Waals surface area contributed by atoms with Crippen molar-refractivity contribution < 1.29 is 8.42 Å². The van der Waals surface area contributed by atoms with Gasteiger partial charge in [0, 0.05) is 23.7 Å². The number of nitrogens with zero attached hydrogens (tertiary/aromatic N) is 1. The van der Waals surface area contributed by atoms with Crippen molar-refractivity contribution in [1.82, 2.24) is 9.29 Å². The summed E-state index contributed by atoms with van der Waals surface area (Å²) in [6.45, 7) is 6.47. The van der Waals surface area contributed by atoms with E-state index in [1.54, 1.807) is 12.1 Å². The molecule has 5 aromatic rings. The van der Waals surface area contributed by atoms with Gasteiger partial charge in [0.15, 0.2) is 0 Å². The van der Waals surface area contributed by atoms with E-state index < -0.39 is 10.0 Å². The molecular formula is C29H29ClN2O2S. The maximum atomic E-state index is 13.8. The minimum absolute atomic E-state index is 0. The Hall–Kier alpha value is -3.12. The number of fused-ring (bicyclic) bond motifs is 2. The molecule has 0 fully saturated rings. The fourth-order valence-corrected chi connectivity index (χ4v) is 6.20. The lowest BCUT2D eigenvalue weighted by Crippen LogP contribution is -2.23. The van der Waals surface area contributed by atoms with Crippen LogP contribution in [-0.2, 0) is 16.6 Å². The molecule has 35 heavy (non-hydrogen) atoms. The topological polar surface area (TPSA) is 51.1 Å². The Morgan fingerprint density at radius 1 is 0.800 bits per heavy atom. The Bertz CT molecular complexity index is 1620. The Kier molecular flexibility index (Phi) is 7.04. The van der Waals surface area contributed by atoms with Crippen LogP contribution in [0.3, 0.4) is 0 Å². The summed E-state index contributed by atoms with van der Waals surface area (Å²) < 4.78 is 29.1. The van der Waals surface area contributed by atoms with E-state index in [1.807, 2.05) is 62.4 Å². The molecule has 0 saturated carbocycles. The highest BCUT2D eigenvalue weighted by atomic mass is 35.5. The lowest BCUT2D eigenvalue weighted by Gasteiger charge is -2.18. The van der Waals surface area contributed by atoms with Gasteiger partial charge in [-0.05, 0) is 72.5 Å². The predicted molar refractivity (Wildman–Crippen MR) is 147 cm³/mol. The molecule has 1 unspecified atom stereocenters. The van der Waals surface area contributed by atoms with Gasteiger partial charge in [-0.15, -0.1) is 12.4 Å². The van der Waals surface area contributed by atoms with Crippen LogP contribution in [0.4, 0.5) is 0 Å². The maximum absolute atomic E-state index is 13.8. The number of benzene rings is 4. The van der Waals surface area contributed by atoms with Gasteiger partial charge < -0.3 is 5.32 Å². The van der Waals surface area contributed by atoms with Crippen LogP contribution < -0.4 is 5.32 Å². The van der Waals surface area contributed by atoms with Gasteiger partial charge in [-0.1, -0.05) is 66.7 Å². The van der Waals surface area contributed by atoms with Crippen LogP contribution in [0, 0.1) is 13.8 Å². The first-order chi connectivity index (χ1) is 16.4. The van der Waals surface area contributed by atoms with Crippen molar-refractivity contribution in [3.05, 3.63) is 113 Å². The number of rotatable bonds is 6. The minimum Gasteiger partial charge on any atom is -0.305 e. The van der Waals surface area contributed by atoms with Crippen LogP contribution >= 0.6 is 12.4 Å². The molecule has 4 aromatic carbocycles. The smallest absolute Gasteiger partial charge is 0.268 e. The van der Waals surface area contributed by atoms with E-state index in [4.69, 9.17) is 0 Å². The highest BCUT2D eigenvalue weighted by molar-refractivity contribution is 7.90. The molecule has 0 radical (unpaired) electrons. The van der Waals surface area contributed by atoms with E-state index in [9.17, 15) is 8.42 Å². The Labute approximate surface area is 213 Å². The number of hydrogen-bond donors (Lipinski definition) is 1. The van der Waals surface area contributed by atoms with E-state index in [0.29, 0.717) is 22.7 Å². The molecule has 1 atom stereocenters. The first-order valence-electron chi connectivity index (χ1n) is 11.5. The molecule has 0 spiro atoms. The normalized spacial score (nSPS) is 12.5. The van der Waals surface area contributed by atoms with Crippen LogP contribution in [0.25, 0.3) is 21.7 Å². The quantitative estimate of drug-likeness (QED) is 0.273. The molecule has 0 aliphatic rings. The minimum atomic E-state index is -3.76. The second kappa shape index (κ2) is 9.86. The number of halogens is 1. The lowest BCUT2D eigenvalue weighted by molar-refractivity contribution is 0.559. The monoisotopic (exact) mass is 504 g/mol. The van der Waals surface area contributed by atoms with Crippen molar-refractivity contribution in [3.8, 4) is 0 Å². The number of aryl methyl sites for hydroxylation is 2. The Morgan fingerprint density at radius 3 is 2.26 bits per heavy atom. The van der Waals surface area contributed by atoms with Gasteiger partial charge in [0.1, 0.15) is 0 Å². The molecule has 6 heteroatoms. The van der Waals surface area contributed by atoms with E-state index in [-0.39, 0.29) is 18.4 Å². The zero-order valence-electron chi connectivity index (χ0n) is 20.0. The lowest BCUT2D eigenvalue weighted by atomic mass is 10.00. The third-order valence-electron chi connectivity index (χ3n) is 6.63. The molecule has 0 bridgehead atoms. The van der Waals surface area contributed by atoms with E-state index in [2.05, 4.69) is 42.6 Å². The molecule has 1 N–H and O–H groups in total. The largest absolute Gasteiger partial charge is 0.305 e. The van der Waals surface area contributed by atoms with Gasteiger partial charge in [0.05, 0.1) is 10.4 Å². The second-order valence-corrected chi connectivity index (χ2v) is 10.7. The van der Waals surface area contributed by atoms with Crippen molar-refractivity contribution in [2.45, 2.75) is 38.3 Å². The van der Waals surface area contributed by atoms with Gasteiger partial charge in [-0.2, -0.15) is 0 Å². The zero-order valence-corrected chi connectivity index (χ0v) is 21.7. The van der Waals surface area contributed by atoms with Crippen LogP contribution in [0.5, 0.6) is 0 Å². The van der Waals surface area contributed by atoms with Gasteiger partial charge in [-0.3, -0.25) is 0 Å². The SMILES string of the molecule is Cc1ccc(S(=O)(=O)n2c(CNC(C)c3cccc4ccccc34)cc3ccccc32)cc1C.Cl. The first-order valence-corrected chi connectivity index (χ1v) is 12.9. The molecule has 0 saturated heterocycles. The van der Waals surface area contributed by atoms with Crippen LogP contribution in [0.1, 0.15) is 35.3 Å². The van der Waals surface area contributed by atoms with Gasteiger partial charge in [-0.25, -0.2) is 12.4 Å². The van der Waals surface area contributed by atoms with E-state index in [0.717, 1.165) is 16.5 Å². The standard InChI is InChI=1S/C29H28N2O2S.ClH/c1-20-15-16-26(17-21(20)2)34(32,33)31-25(18-24-10-5-7-14-29(24)31)19-30-22(3)27-13-8-11-23-9-4-6-12-28(23)27;/h4-18,22,30H,19H2,1-3H3;1H. The predicted octanol–water partition coefficient (Wildman–Crippen LogP) is 6.92. The summed E-state index contributed by atoms with van der Waals surface area (Å²) in [5.74, 6) is 0. The highest BCUT2D eigenvalue weighted by Gasteiger charge is 2.23. The van der Waals surface area contributed by atoms with Crippen LogP contribution in [-0.4, -0.2) is 12.4 Å². The number of hydrogen-bond acceptors (Lipinski definition) is 3. The highest BCUT2D eigenvalue weighted by Crippen LogP contribution is 2.28. The van der Waals surface area contributed by atoms with Crippen molar-refractivity contribution in [3.63, 3.8) is 0 Å². The molecule has 180 valence electrons. The molecular weight excluding hydrogens is 476 g/mol. The van der Waals surface area contributed by atoms with Gasteiger partial charge in [0.2, 0.25) is 0 Å². The van der Waals surface area contributed by atoms with Gasteiger partial charge in [0.25, 0.3) is 10.0 Å². The summed E-state index contributed by atoms with van der Waals surface area (Å²) in [4.78, 5) is 0.306. The molecule has 1 aromatic heterocycles. The third-order valence-corrected chi connectivity index (χ3v) is 8.40. The van der Waals surface area contributed by atoms with Gasteiger partial charge >= 0.3 is 0 Å².